The second-order valence-corrected chi connectivity index (χ2v) is 5.26. The van der Waals surface area contributed by atoms with Crippen molar-refractivity contribution in [3.63, 3.8) is 0 Å². The van der Waals surface area contributed by atoms with E-state index in [1.54, 1.807) is 24.3 Å². The van der Waals surface area contributed by atoms with Crippen molar-refractivity contribution in [2.24, 2.45) is 0 Å². The first kappa shape index (κ1) is 15.4. The zero-order valence-electron chi connectivity index (χ0n) is 12.1. The molecule has 0 aliphatic carbocycles. The molecule has 0 spiro atoms. The molecule has 0 heterocycles. The van der Waals surface area contributed by atoms with E-state index in [4.69, 9.17) is 16.3 Å². The summed E-state index contributed by atoms with van der Waals surface area (Å²) in [6.45, 7) is 3.91. The van der Waals surface area contributed by atoms with Crippen LogP contribution in [-0.2, 0) is 4.79 Å². The summed E-state index contributed by atoms with van der Waals surface area (Å²) in [5.41, 5.74) is 1.91. The molecule has 21 heavy (non-hydrogen) atoms. The molecule has 0 aromatic heterocycles. The zero-order valence-corrected chi connectivity index (χ0v) is 12.9. The third-order valence-electron chi connectivity index (χ3n) is 3.06. The van der Waals surface area contributed by atoms with Crippen LogP contribution in [0.25, 0.3) is 0 Å². The van der Waals surface area contributed by atoms with Crippen LogP contribution in [0.1, 0.15) is 18.9 Å². The number of halogens is 1. The van der Waals surface area contributed by atoms with Crippen LogP contribution in [0.2, 0.25) is 5.02 Å². The van der Waals surface area contributed by atoms with Crippen LogP contribution in [0.4, 0.5) is 5.69 Å². The minimum absolute atomic E-state index is 0.165. The highest BCUT2D eigenvalue weighted by Crippen LogP contribution is 2.20. The topological polar surface area (TPSA) is 38.3 Å². The van der Waals surface area contributed by atoms with E-state index in [9.17, 15) is 4.79 Å². The SMILES string of the molecule is CC[C@@H](Oc1cccc(Cl)c1)C(=O)Nc1ccc(C)cc1. The molecule has 0 fully saturated rings. The molecular weight excluding hydrogens is 286 g/mol. The van der Waals surface area contributed by atoms with Crippen LogP contribution < -0.4 is 10.1 Å². The Morgan fingerprint density at radius 3 is 2.57 bits per heavy atom. The summed E-state index contributed by atoms with van der Waals surface area (Å²) in [7, 11) is 0. The van der Waals surface area contributed by atoms with E-state index < -0.39 is 6.10 Å². The Morgan fingerprint density at radius 2 is 1.95 bits per heavy atom. The number of carbonyl (C=O) groups is 1. The first-order chi connectivity index (χ1) is 10.1. The molecule has 3 nitrogen and oxygen atoms in total. The maximum absolute atomic E-state index is 12.2. The second-order valence-electron chi connectivity index (χ2n) is 4.83. The van der Waals surface area contributed by atoms with E-state index in [0.717, 1.165) is 11.3 Å². The van der Waals surface area contributed by atoms with Crippen LogP contribution in [0, 0.1) is 6.92 Å². The van der Waals surface area contributed by atoms with Crippen molar-refractivity contribution in [1.29, 1.82) is 0 Å². The largest absolute Gasteiger partial charge is 0.481 e. The summed E-state index contributed by atoms with van der Waals surface area (Å²) >= 11 is 5.92. The van der Waals surface area contributed by atoms with Crippen molar-refractivity contribution in [2.45, 2.75) is 26.4 Å². The Bertz CT molecular complexity index is 610. The maximum atomic E-state index is 12.2. The summed E-state index contributed by atoms with van der Waals surface area (Å²) < 4.78 is 5.71. The van der Waals surface area contributed by atoms with E-state index >= 15 is 0 Å². The number of aryl methyl sites for hydroxylation is 1. The molecule has 0 aliphatic heterocycles. The molecular formula is C17H18ClNO2. The van der Waals surface area contributed by atoms with Gasteiger partial charge >= 0.3 is 0 Å². The lowest BCUT2D eigenvalue weighted by molar-refractivity contribution is -0.122. The lowest BCUT2D eigenvalue weighted by Crippen LogP contribution is -2.32. The summed E-state index contributed by atoms with van der Waals surface area (Å²) in [6, 6.07) is 14.7. The van der Waals surface area contributed by atoms with Gasteiger partial charge in [-0.1, -0.05) is 42.3 Å². The third kappa shape index (κ3) is 4.50. The molecule has 2 aromatic carbocycles. The number of hydrogen-bond acceptors (Lipinski definition) is 2. The van der Waals surface area contributed by atoms with Gasteiger partial charge in [0, 0.05) is 10.7 Å². The highest BCUT2D eigenvalue weighted by Gasteiger charge is 2.18. The molecule has 0 unspecified atom stereocenters. The Balaban J connectivity index is 2.03. The number of ether oxygens (including phenoxy) is 1. The standard InChI is InChI=1S/C17H18ClNO2/c1-3-16(21-15-6-4-5-13(18)11-15)17(20)19-14-9-7-12(2)8-10-14/h4-11,16H,3H2,1-2H3,(H,19,20)/t16-/m1/s1. The first-order valence-corrected chi connectivity index (χ1v) is 7.26. The van der Waals surface area contributed by atoms with Crippen molar-refractivity contribution in [3.05, 3.63) is 59.1 Å². The Hall–Kier alpha value is -2.00. The highest BCUT2D eigenvalue weighted by atomic mass is 35.5. The van der Waals surface area contributed by atoms with E-state index in [1.807, 2.05) is 38.1 Å². The van der Waals surface area contributed by atoms with Crippen LogP contribution in [-0.4, -0.2) is 12.0 Å². The molecule has 1 amide bonds. The molecule has 0 radical (unpaired) electrons. The summed E-state index contributed by atoms with van der Waals surface area (Å²) in [6.07, 6.45) is 0.0225. The lowest BCUT2D eigenvalue weighted by Gasteiger charge is -2.17. The number of benzene rings is 2. The molecule has 2 aromatic rings. The fraction of sp³-hybridized carbons (Fsp3) is 0.235. The van der Waals surface area contributed by atoms with E-state index in [2.05, 4.69) is 5.32 Å². The van der Waals surface area contributed by atoms with Crippen LogP contribution in [0.3, 0.4) is 0 Å². The molecule has 4 heteroatoms. The lowest BCUT2D eigenvalue weighted by atomic mass is 10.2. The van der Waals surface area contributed by atoms with E-state index in [-0.39, 0.29) is 5.91 Å². The van der Waals surface area contributed by atoms with Gasteiger partial charge in [0.05, 0.1) is 0 Å². The number of carbonyl (C=O) groups excluding carboxylic acids is 1. The molecule has 0 aliphatic rings. The van der Waals surface area contributed by atoms with Gasteiger partial charge in [-0.3, -0.25) is 4.79 Å². The Morgan fingerprint density at radius 1 is 1.24 bits per heavy atom. The summed E-state index contributed by atoms with van der Waals surface area (Å²) in [4.78, 5) is 12.2. The highest BCUT2D eigenvalue weighted by molar-refractivity contribution is 6.30. The van der Waals surface area contributed by atoms with Gasteiger partial charge in [-0.05, 0) is 43.7 Å². The predicted octanol–water partition coefficient (Wildman–Crippen LogP) is 4.44. The Labute approximate surface area is 129 Å². The normalized spacial score (nSPS) is 11.8. The molecule has 2 rings (SSSR count). The van der Waals surface area contributed by atoms with Gasteiger partial charge in [-0.2, -0.15) is 0 Å². The third-order valence-corrected chi connectivity index (χ3v) is 3.29. The van der Waals surface area contributed by atoms with E-state index in [0.29, 0.717) is 17.2 Å². The molecule has 1 atom stereocenters. The number of amides is 1. The fourth-order valence-corrected chi connectivity index (χ4v) is 2.07. The van der Waals surface area contributed by atoms with Crippen molar-refractivity contribution < 1.29 is 9.53 Å². The molecule has 0 saturated heterocycles. The van der Waals surface area contributed by atoms with Gasteiger partial charge in [-0.25, -0.2) is 0 Å². The summed E-state index contributed by atoms with van der Waals surface area (Å²) in [5, 5.41) is 3.44. The van der Waals surface area contributed by atoms with Gasteiger partial charge in [0.1, 0.15) is 5.75 Å². The average Bonchev–Trinajstić information content (AvgIpc) is 2.47. The molecule has 0 bridgehead atoms. The second kappa shape index (κ2) is 7.14. The van der Waals surface area contributed by atoms with Crippen LogP contribution >= 0.6 is 11.6 Å². The number of rotatable bonds is 5. The number of nitrogens with one attached hydrogen (secondary N) is 1. The van der Waals surface area contributed by atoms with Gasteiger partial charge in [0.15, 0.2) is 6.10 Å². The first-order valence-electron chi connectivity index (χ1n) is 6.88. The van der Waals surface area contributed by atoms with Crippen LogP contribution in [0.15, 0.2) is 48.5 Å². The minimum Gasteiger partial charge on any atom is -0.481 e. The zero-order chi connectivity index (χ0) is 15.2. The predicted molar refractivity (Wildman–Crippen MR) is 86.0 cm³/mol. The van der Waals surface area contributed by atoms with Crippen LogP contribution in [0.5, 0.6) is 5.75 Å². The quantitative estimate of drug-likeness (QED) is 0.886. The van der Waals surface area contributed by atoms with Gasteiger partial charge in [0.25, 0.3) is 5.91 Å². The van der Waals surface area contributed by atoms with Gasteiger partial charge < -0.3 is 10.1 Å². The maximum Gasteiger partial charge on any atom is 0.265 e. The minimum atomic E-state index is -0.551. The monoisotopic (exact) mass is 303 g/mol. The number of anilines is 1. The Kier molecular flexibility index (Phi) is 5.23. The van der Waals surface area contributed by atoms with Gasteiger partial charge in [0.2, 0.25) is 0 Å². The molecule has 110 valence electrons. The van der Waals surface area contributed by atoms with E-state index in [1.165, 1.54) is 0 Å². The smallest absolute Gasteiger partial charge is 0.265 e. The van der Waals surface area contributed by atoms with Gasteiger partial charge in [-0.15, -0.1) is 0 Å². The average molecular weight is 304 g/mol. The summed E-state index contributed by atoms with van der Waals surface area (Å²) in [5.74, 6) is 0.426. The number of hydrogen-bond donors (Lipinski definition) is 1. The van der Waals surface area contributed by atoms with Crippen molar-refractivity contribution >= 4 is 23.2 Å². The fourth-order valence-electron chi connectivity index (χ4n) is 1.89. The molecule has 1 N–H and O–H groups in total. The van der Waals surface area contributed by atoms with Crippen molar-refractivity contribution in [1.82, 2.24) is 0 Å². The van der Waals surface area contributed by atoms with Crippen molar-refractivity contribution in [2.75, 3.05) is 5.32 Å². The van der Waals surface area contributed by atoms with Crippen molar-refractivity contribution in [3.8, 4) is 5.75 Å². The molecule has 0 saturated carbocycles.